The van der Waals surface area contributed by atoms with Crippen LogP contribution >= 0.6 is 0 Å². The van der Waals surface area contributed by atoms with Crippen molar-refractivity contribution in [1.29, 1.82) is 0 Å². The van der Waals surface area contributed by atoms with Gasteiger partial charge in [0.1, 0.15) is 11.6 Å². The minimum atomic E-state index is -0.381. The Morgan fingerprint density at radius 2 is 1.44 bits per heavy atom. The van der Waals surface area contributed by atoms with Gasteiger partial charge >= 0.3 is 7.19 Å². The van der Waals surface area contributed by atoms with Gasteiger partial charge in [-0.1, -0.05) is 75.4 Å². The minimum absolute atomic E-state index is 0.0572. The van der Waals surface area contributed by atoms with E-state index in [0.29, 0.717) is 0 Å². The molecule has 6 rings (SSSR count). The van der Waals surface area contributed by atoms with Gasteiger partial charge in [0.2, 0.25) is 0 Å². The molecule has 156 valence electrons. The predicted octanol–water partition coefficient (Wildman–Crippen LogP) is 6.71. The first-order valence-electron chi connectivity index (χ1n) is 11.0. The molecule has 3 heterocycles. The second-order valence-corrected chi connectivity index (χ2v) is 9.31. The van der Waals surface area contributed by atoms with E-state index in [9.17, 15) is 0 Å². The molecule has 0 saturated carbocycles. The number of hydrogen-bond donors (Lipinski definition) is 0. The zero-order chi connectivity index (χ0) is 21.9. The molecule has 0 aliphatic carbocycles. The van der Waals surface area contributed by atoms with Crippen molar-refractivity contribution in [2.45, 2.75) is 26.2 Å². The van der Waals surface area contributed by atoms with Gasteiger partial charge in [0.05, 0.1) is 5.69 Å². The van der Waals surface area contributed by atoms with Gasteiger partial charge in [0.25, 0.3) is 0 Å². The summed E-state index contributed by atoms with van der Waals surface area (Å²) in [5, 5.41) is 0. The molecule has 0 radical (unpaired) electrons. The van der Waals surface area contributed by atoms with Crippen molar-refractivity contribution in [3.8, 4) is 16.9 Å². The lowest BCUT2D eigenvalue weighted by molar-refractivity contribution is 0.571. The molecule has 5 heteroatoms. The Kier molecular flexibility index (Phi) is 4.09. The van der Waals surface area contributed by atoms with Crippen LogP contribution in [0.2, 0.25) is 0 Å². The van der Waals surface area contributed by atoms with E-state index in [1.54, 1.807) is 0 Å². The maximum Gasteiger partial charge on any atom is 0.629 e. The van der Waals surface area contributed by atoms with Gasteiger partial charge in [0.15, 0.2) is 0 Å². The predicted molar refractivity (Wildman–Crippen MR) is 132 cm³/mol. The molecule has 32 heavy (non-hydrogen) atoms. The molecule has 0 fully saturated rings. The van der Waals surface area contributed by atoms with Crippen molar-refractivity contribution in [3.63, 3.8) is 0 Å². The highest BCUT2D eigenvalue weighted by Gasteiger charge is 2.51. The monoisotopic (exact) mass is 417 g/mol. The maximum atomic E-state index is 6.79. The highest BCUT2D eigenvalue weighted by Crippen LogP contribution is 2.53. The lowest BCUT2D eigenvalue weighted by atomic mass is 9.85. The molecular formula is C27H24BN3O. The number of fused-ring (bicyclic) bond motifs is 7. The smallest absolute Gasteiger partial charge is 0.522 e. The van der Waals surface area contributed by atoms with Crippen LogP contribution in [0.1, 0.15) is 26.3 Å². The molecule has 0 amide bonds. The summed E-state index contributed by atoms with van der Waals surface area (Å²) >= 11 is 0. The van der Waals surface area contributed by atoms with Gasteiger partial charge in [-0.15, -0.1) is 0 Å². The Labute approximate surface area is 189 Å². The molecule has 0 saturated heterocycles. The molecule has 0 atom stereocenters. The Morgan fingerprint density at radius 1 is 0.750 bits per heavy atom. The summed E-state index contributed by atoms with van der Waals surface area (Å²) < 4.78 is 6.79. The van der Waals surface area contributed by atoms with E-state index >= 15 is 0 Å². The first-order chi connectivity index (χ1) is 15.5. The van der Waals surface area contributed by atoms with E-state index in [0.717, 1.165) is 39.8 Å². The van der Waals surface area contributed by atoms with Crippen molar-refractivity contribution >= 4 is 30.1 Å². The van der Waals surface area contributed by atoms with Gasteiger partial charge in [-0.3, -0.25) is 0 Å². The van der Waals surface area contributed by atoms with Crippen LogP contribution in [0.3, 0.4) is 0 Å². The van der Waals surface area contributed by atoms with Gasteiger partial charge in [-0.25, -0.2) is 4.98 Å². The van der Waals surface area contributed by atoms with E-state index in [4.69, 9.17) is 9.64 Å². The summed E-state index contributed by atoms with van der Waals surface area (Å²) in [6.45, 7) is 6.76. The van der Waals surface area contributed by atoms with Crippen LogP contribution in [-0.4, -0.2) is 12.2 Å². The molecule has 0 spiro atoms. The molecule has 2 aliphatic heterocycles. The van der Waals surface area contributed by atoms with E-state index < -0.39 is 0 Å². The summed E-state index contributed by atoms with van der Waals surface area (Å²) in [6.07, 6.45) is 1.92. The molecular weight excluding hydrogens is 393 g/mol. The molecule has 4 nitrogen and oxygen atoms in total. The summed E-state index contributed by atoms with van der Waals surface area (Å²) in [6, 6.07) is 29.4. The lowest BCUT2D eigenvalue weighted by Gasteiger charge is -2.29. The average molecular weight is 417 g/mol. The van der Waals surface area contributed by atoms with Crippen molar-refractivity contribution in [3.05, 3.63) is 96.7 Å². The fraction of sp³-hybridized carbons (Fsp3) is 0.148. The van der Waals surface area contributed by atoms with Gasteiger partial charge in [-0.05, 0) is 41.3 Å². The lowest BCUT2D eigenvalue weighted by Crippen LogP contribution is -2.48. The zero-order valence-corrected chi connectivity index (χ0v) is 18.5. The summed E-state index contributed by atoms with van der Waals surface area (Å²) in [5.41, 5.74) is 6.74. The quantitative estimate of drug-likeness (QED) is 0.322. The standard InChI is InChI=1S/C27H24BN3O/c1-27(2,3)22-17-18-29-26-25(22)31-23-15-9-7-13-20(23)21-14-8-10-16-24(21)32-28(31)30(26)19-11-5-4-6-12-19/h4-18H,1-3H3. The summed E-state index contributed by atoms with van der Waals surface area (Å²) in [7, 11) is -0.381. The second kappa shape index (κ2) is 6.89. The van der Waals surface area contributed by atoms with Crippen molar-refractivity contribution < 1.29 is 4.65 Å². The molecule has 2 aliphatic rings. The summed E-state index contributed by atoms with van der Waals surface area (Å²) in [4.78, 5) is 9.42. The number of aromatic nitrogens is 1. The molecule has 0 N–H and O–H groups in total. The van der Waals surface area contributed by atoms with Crippen LogP contribution in [0.4, 0.5) is 22.9 Å². The second-order valence-electron chi connectivity index (χ2n) is 9.31. The maximum absolute atomic E-state index is 6.79. The molecule has 4 aromatic rings. The van der Waals surface area contributed by atoms with E-state index in [1.165, 1.54) is 5.56 Å². The van der Waals surface area contributed by atoms with Gasteiger partial charge in [-0.2, -0.15) is 0 Å². The average Bonchev–Trinajstić information content (AvgIpc) is 3.05. The van der Waals surface area contributed by atoms with E-state index in [2.05, 4.69) is 103 Å². The van der Waals surface area contributed by atoms with Crippen LogP contribution in [0, 0.1) is 0 Å². The van der Waals surface area contributed by atoms with Gasteiger partial charge in [0, 0.05) is 28.7 Å². The first-order valence-corrected chi connectivity index (χ1v) is 11.0. The van der Waals surface area contributed by atoms with Gasteiger partial charge < -0.3 is 14.3 Å². The Bertz CT molecular complexity index is 1320. The highest BCUT2D eigenvalue weighted by molar-refractivity contribution is 6.68. The fourth-order valence-electron chi connectivity index (χ4n) is 4.79. The van der Waals surface area contributed by atoms with E-state index in [-0.39, 0.29) is 12.6 Å². The topological polar surface area (TPSA) is 28.6 Å². The number of benzene rings is 3. The number of hydrogen-bond acceptors (Lipinski definition) is 4. The number of pyridine rings is 1. The minimum Gasteiger partial charge on any atom is -0.522 e. The van der Waals surface area contributed by atoms with Crippen molar-refractivity contribution in [2.75, 3.05) is 9.62 Å². The number of rotatable bonds is 1. The zero-order valence-electron chi connectivity index (χ0n) is 18.5. The highest BCUT2D eigenvalue weighted by atomic mass is 16.5. The van der Waals surface area contributed by atoms with Crippen LogP contribution in [0.15, 0.2) is 91.1 Å². The number of nitrogens with zero attached hydrogens (tertiary/aromatic N) is 3. The van der Waals surface area contributed by atoms with Crippen LogP contribution in [0.5, 0.6) is 5.75 Å². The first kappa shape index (κ1) is 19.0. The SMILES string of the molecule is CC(C)(C)c1ccnc2c1N1B(Oc3ccccc3-c3ccccc31)N2c1ccccc1. The van der Waals surface area contributed by atoms with Crippen molar-refractivity contribution in [2.24, 2.45) is 0 Å². The van der Waals surface area contributed by atoms with E-state index in [1.807, 2.05) is 18.3 Å². The van der Waals surface area contributed by atoms with Crippen LogP contribution in [-0.2, 0) is 5.41 Å². The van der Waals surface area contributed by atoms with Crippen molar-refractivity contribution in [1.82, 2.24) is 4.98 Å². The molecule has 3 aromatic carbocycles. The Balaban J connectivity index is 1.69. The Morgan fingerprint density at radius 3 is 2.22 bits per heavy atom. The molecule has 1 aromatic heterocycles. The molecule has 0 bridgehead atoms. The largest absolute Gasteiger partial charge is 0.629 e. The number of anilines is 4. The normalized spacial score (nSPS) is 14.2. The third-order valence-corrected chi connectivity index (χ3v) is 6.23. The third-order valence-electron chi connectivity index (χ3n) is 6.23. The number of para-hydroxylation sites is 3. The summed E-state index contributed by atoms with van der Waals surface area (Å²) in [5.74, 6) is 1.79. The van der Waals surface area contributed by atoms with Crippen LogP contribution in [0.25, 0.3) is 11.1 Å². The Hall–Kier alpha value is -3.73. The fourth-order valence-corrected chi connectivity index (χ4v) is 4.79. The van der Waals surface area contributed by atoms with Crippen LogP contribution < -0.4 is 14.3 Å². The molecule has 0 unspecified atom stereocenters. The third kappa shape index (κ3) is 2.74.